The molecule has 116 valence electrons. The van der Waals surface area contributed by atoms with E-state index < -0.39 is 5.91 Å². The zero-order chi connectivity index (χ0) is 15.9. The molecule has 4 nitrogen and oxygen atoms in total. The van der Waals surface area contributed by atoms with Gasteiger partial charge in [-0.15, -0.1) is 11.3 Å². The highest BCUT2D eigenvalue weighted by Gasteiger charge is 2.08. The molecular weight excluding hydrogens is 384 g/mol. The number of benzene rings is 1. The Hall–Kier alpha value is -1.31. The number of amides is 2. The molecule has 1 heterocycles. The van der Waals surface area contributed by atoms with E-state index in [1.807, 2.05) is 6.07 Å². The summed E-state index contributed by atoms with van der Waals surface area (Å²) in [4.78, 5) is 24.4. The standard InChI is InChI=1S/C15H15BrN2O2S2/c16-13-5-4-12(22-13)9-21-7-6-18-15(20)11-3-1-2-10(8-11)14(17)19/h1-5,8H,6-7,9H2,(H2,17,19)(H,18,20). The van der Waals surface area contributed by atoms with Crippen LogP contribution in [0.2, 0.25) is 0 Å². The van der Waals surface area contributed by atoms with E-state index in [1.165, 1.54) is 10.9 Å². The Balaban J connectivity index is 1.73. The average molecular weight is 399 g/mol. The van der Waals surface area contributed by atoms with Gasteiger partial charge < -0.3 is 11.1 Å². The van der Waals surface area contributed by atoms with E-state index in [4.69, 9.17) is 5.73 Å². The van der Waals surface area contributed by atoms with Gasteiger partial charge >= 0.3 is 0 Å². The monoisotopic (exact) mass is 398 g/mol. The number of rotatable bonds is 7. The number of nitrogens with two attached hydrogens (primary N) is 1. The minimum Gasteiger partial charge on any atom is -0.366 e. The van der Waals surface area contributed by atoms with Crippen molar-refractivity contribution < 1.29 is 9.59 Å². The summed E-state index contributed by atoms with van der Waals surface area (Å²) in [5.74, 6) is 1.04. The van der Waals surface area contributed by atoms with Gasteiger partial charge in [-0.25, -0.2) is 0 Å². The molecule has 0 saturated carbocycles. The largest absolute Gasteiger partial charge is 0.366 e. The summed E-state index contributed by atoms with van der Waals surface area (Å²) in [7, 11) is 0. The minimum atomic E-state index is -0.535. The number of thioether (sulfide) groups is 1. The van der Waals surface area contributed by atoms with Gasteiger partial charge in [0.25, 0.3) is 5.91 Å². The average Bonchev–Trinajstić information content (AvgIpc) is 2.92. The number of carbonyl (C=O) groups is 2. The van der Waals surface area contributed by atoms with Crippen molar-refractivity contribution in [3.63, 3.8) is 0 Å². The third-order valence-corrected chi connectivity index (χ3v) is 5.63. The Bertz CT molecular complexity index is 673. The van der Waals surface area contributed by atoms with E-state index in [1.54, 1.807) is 41.3 Å². The van der Waals surface area contributed by atoms with E-state index in [2.05, 4.69) is 27.3 Å². The fourth-order valence-electron chi connectivity index (χ4n) is 1.75. The van der Waals surface area contributed by atoms with Crippen LogP contribution in [0.15, 0.2) is 40.2 Å². The molecule has 0 bridgehead atoms. The Kier molecular flexibility index (Phi) is 6.48. The summed E-state index contributed by atoms with van der Waals surface area (Å²) in [6.45, 7) is 0.580. The second-order valence-corrected chi connectivity index (χ2v) is 8.11. The summed E-state index contributed by atoms with van der Waals surface area (Å²) >= 11 is 6.92. The van der Waals surface area contributed by atoms with E-state index >= 15 is 0 Å². The number of hydrogen-bond donors (Lipinski definition) is 2. The molecule has 0 aliphatic rings. The fourth-order valence-corrected chi connectivity index (χ4v) is 4.21. The number of halogens is 1. The first-order chi connectivity index (χ1) is 10.6. The van der Waals surface area contributed by atoms with E-state index in [9.17, 15) is 9.59 Å². The van der Waals surface area contributed by atoms with Crippen molar-refractivity contribution >= 4 is 50.8 Å². The van der Waals surface area contributed by atoms with Crippen molar-refractivity contribution in [3.8, 4) is 0 Å². The zero-order valence-corrected chi connectivity index (χ0v) is 14.9. The van der Waals surface area contributed by atoms with E-state index in [0.717, 1.165) is 15.3 Å². The van der Waals surface area contributed by atoms with Crippen molar-refractivity contribution in [3.05, 3.63) is 56.2 Å². The zero-order valence-electron chi connectivity index (χ0n) is 11.7. The lowest BCUT2D eigenvalue weighted by atomic mass is 10.1. The molecule has 0 radical (unpaired) electrons. The van der Waals surface area contributed by atoms with E-state index in [-0.39, 0.29) is 5.91 Å². The van der Waals surface area contributed by atoms with Crippen LogP contribution in [0.25, 0.3) is 0 Å². The molecule has 0 fully saturated rings. The predicted octanol–water partition coefficient (Wildman–Crippen LogP) is 3.27. The molecule has 1 aromatic carbocycles. The molecule has 0 spiro atoms. The second-order valence-electron chi connectivity index (χ2n) is 4.46. The van der Waals surface area contributed by atoms with Crippen LogP contribution in [0, 0.1) is 0 Å². The lowest BCUT2D eigenvalue weighted by molar-refractivity contribution is 0.0956. The molecular formula is C15H15BrN2O2S2. The Labute approximate surface area is 145 Å². The van der Waals surface area contributed by atoms with Crippen LogP contribution in [0.3, 0.4) is 0 Å². The van der Waals surface area contributed by atoms with Gasteiger partial charge in [-0.1, -0.05) is 6.07 Å². The fraction of sp³-hybridized carbons (Fsp3) is 0.200. The second kappa shape index (κ2) is 8.36. The number of nitrogens with one attached hydrogen (secondary N) is 1. The molecule has 0 atom stereocenters. The van der Waals surface area contributed by atoms with Crippen LogP contribution < -0.4 is 11.1 Å². The van der Waals surface area contributed by atoms with Crippen LogP contribution in [0.5, 0.6) is 0 Å². The summed E-state index contributed by atoms with van der Waals surface area (Å²) in [5, 5.41) is 2.84. The maximum atomic E-state index is 12.0. The Morgan fingerprint density at radius 1 is 1.23 bits per heavy atom. The topological polar surface area (TPSA) is 72.2 Å². The van der Waals surface area contributed by atoms with E-state index in [0.29, 0.717) is 17.7 Å². The Morgan fingerprint density at radius 2 is 2.00 bits per heavy atom. The minimum absolute atomic E-state index is 0.192. The molecule has 1 aromatic heterocycles. The molecule has 0 unspecified atom stereocenters. The van der Waals surface area contributed by atoms with Crippen molar-refractivity contribution in [2.75, 3.05) is 12.3 Å². The van der Waals surface area contributed by atoms with Gasteiger partial charge in [-0.05, 0) is 46.3 Å². The van der Waals surface area contributed by atoms with Gasteiger partial charge in [0.1, 0.15) is 0 Å². The third-order valence-electron chi connectivity index (χ3n) is 2.81. The molecule has 22 heavy (non-hydrogen) atoms. The molecule has 2 amide bonds. The lowest BCUT2D eigenvalue weighted by Crippen LogP contribution is -2.26. The maximum Gasteiger partial charge on any atom is 0.251 e. The van der Waals surface area contributed by atoms with Crippen LogP contribution in [-0.4, -0.2) is 24.1 Å². The van der Waals surface area contributed by atoms with Gasteiger partial charge in [0, 0.05) is 34.1 Å². The molecule has 3 N–H and O–H groups in total. The summed E-state index contributed by atoms with van der Waals surface area (Å²) in [5.41, 5.74) is 5.99. The SMILES string of the molecule is NC(=O)c1cccc(C(=O)NCCSCc2ccc(Br)s2)c1. The van der Waals surface area contributed by atoms with Crippen molar-refractivity contribution in [1.29, 1.82) is 0 Å². The highest BCUT2D eigenvalue weighted by Crippen LogP contribution is 2.25. The van der Waals surface area contributed by atoms with Gasteiger partial charge in [0.2, 0.25) is 5.91 Å². The summed E-state index contributed by atoms with van der Waals surface area (Å²) in [6.07, 6.45) is 0. The van der Waals surface area contributed by atoms with Gasteiger partial charge in [-0.2, -0.15) is 11.8 Å². The first kappa shape index (κ1) is 17.1. The lowest BCUT2D eigenvalue weighted by Gasteiger charge is -2.06. The molecule has 0 saturated heterocycles. The van der Waals surface area contributed by atoms with Gasteiger partial charge in [-0.3, -0.25) is 9.59 Å². The highest BCUT2D eigenvalue weighted by atomic mass is 79.9. The number of carbonyl (C=O) groups excluding carboxylic acids is 2. The molecule has 0 aliphatic heterocycles. The van der Waals surface area contributed by atoms with Gasteiger partial charge in [0.05, 0.1) is 3.79 Å². The van der Waals surface area contributed by atoms with Crippen LogP contribution >= 0.6 is 39.0 Å². The summed E-state index contributed by atoms with van der Waals surface area (Å²) < 4.78 is 1.13. The molecule has 2 aromatic rings. The first-order valence-electron chi connectivity index (χ1n) is 6.56. The number of primary amides is 1. The quantitative estimate of drug-likeness (QED) is 0.702. The maximum absolute atomic E-state index is 12.0. The Morgan fingerprint density at radius 3 is 2.68 bits per heavy atom. The molecule has 0 aliphatic carbocycles. The predicted molar refractivity (Wildman–Crippen MR) is 95.5 cm³/mol. The molecule has 7 heteroatoms. The van der Waals surface area contributed by atoms with Crippen LogP contribution in [0.4, 0.5) is 0 Å². The highest BCUT2D eigenvalue weighted by molar-refractivity contribution is 9.11. The first-order valence-corrected chi connectivity index (χ1v) is 9.32. The van der Waals surface area contributed by atoms with Crippen molar-refractivity contribution in [2.24, 2.45) is 5.73 Å². The number of hydrogen-bond acceptors (Lipinski definition) is 4. The van der Waals surface area contributed by atoms with Crippen LogP contribution in [-0.2, 0) is 5.75 Å². The molecule has 2 rings (SSSR count). The summed E-state index contributed by atoms with van der Waals surface area (Å²) in [6, 6.07) is 10.5. The van der Waals surface area contributed by atoms with Crippen molar-refractivity contribution in [1.82, 2.24) is 5.32 Å². The van der Waals surface area contributed by atoms with Crippen LogP contribution in [0.1, 0.15) is 25.6 Å². The third kappa shape index (κ3) is 5.15. The number of thiophene rings is 1. The normalized spacial score (nSPS) is 10.4. The van der Waals surface area contributed by atoms with Gasteiger partial charge in [0.15, 0.2) is 0 Å². The van der Waals surface area contributed by atoms with Crippen molar-refractivity contribution in [2.45, 2.75) is 5.75 Å². The smallest absolute Gasteiger partial charge is 0.251 e.